The van der Waals surface area contributed by atoms with E-state index in [-0.39, 0.29) is 5.91 Å². The molecular weight excluding hydrogens is 422 g/mol. The third-order valence-electron chi connectivity index (χ3n) is 7.27. The zero-order chi connectivity index (χ0) is 23.7. The fraction of sp³-hybridized carbons (Fsp3) is 0.429. The Kier molecular flexibility index (Phi) is 6.42. The van der Waals surface area contributed by atoms with Crippen molar-refractivity contribution in [1.29, 1.82) is 0 Å². The van der Waals surface area contributed by atoms with E-state index >= 15 is 0 Å². The van der Waals surface area contributed by atoms with Gasteiger partial charge in [-0.05, 0) is 76.0 Å². The number of aromatic nitrogens is 2. The largest absolute Gasteiger partial charge is 0.368 e. The van der Waals surface area contributed by atoms with Crippen molar-refractivity contribution in [2.45, 2.75) is 39.5 Å². The van der Waals surface area contributed by atoms with Crippen molar-refractivity contribution in [3.05, 3.63) is 76.6 Å². The Balaban J connectivity index is 1.39. The second-order valence-corrected chi connectivity index (χ2v) is 9.79. The Hall–Kier alpha value is -3.12. The molecule has 0 bridgehead atoms. The van der Waals surface area contributed by atoms with Crippen LogP contribution in [0.2, 0.25) is 0 Å². The van der Waals surface area contributed by atoms with Crippen LogP contribution in [0, 0.1) is 20.8 Å². The molecule has 3 aromatic rings. The lowest BCUT2D eigenvalue weighted by Gasteiger charge is -2.37. The number of benzene rings is 2. The van der Waals surface area contributed by atoms with E-state index in [1.54, 1.807) is 6.20 Å². The number of rotatable bonds is 4. The number of anilines is 1. The summed E-state index contributed by atoms with van der Waals surface area (Å²) in [7, 11) is 0. The molecule has 6 heteroatoms. The van der Waals surface area contributed by atoms with Crippen LogP contribution < -0.4 is 10.2 Å². The van der Waals surface area contributed by atoms with Gasteiger partial charge in [-0.2, -0.15) is 5.10 Å². The monoisotopic (exact) mass is 457 g/mol. The molecule has 2 aromatic carbocycles. The van der Waals surface area contributed by atoms with Gasteiger partial charge in [0.15, 0.2) is 0 Å². The average molecular weight is 458 g/mol. The van der Waals surface area contributed by atoms with Gasteiger partial charge in [0.05, 0.1) is 23.1 Å². The van der Waals surface area contributed by atoms with Gasteiger partial charge in [-0.3, -0.25) is 4.79 Å². The Bertz CT molecular complexity index is 1170. The molecule has 1 aromatic heterocycles. The molecule has 5 rings (SSSR count). The number of piperidine rings is 1. The summed E-state index contributed by atoms with van der Waals surface area (Å²) in [6.45, 7) is 11.5. The highest BCUT2D eigenvalue weighted by atomic mass is 16.2. The molecule has 2 fully saturated rings. The van der Waals surface area contributed by atoms with Gasteiger partial charge in [-0.25, -0.2) is 4.68 Å². The standard InChI is InChI=1S/C28H35N5O/c1-20-5-4-6-24(18-20)33-27(23-9-11-29-12-10-23)25(19-30-33)28(34)32-15-13-31(14-16-32)26-8-7-21(2)17-22(26)3/h4-8,17-19,23,29H,9-16H2,1-3H3. The summed E-state index contributed by atoms with van der Waals surface area (Å²) in [5.41, 5.74) is 7.94. The zero-order valence-electron chi connectivity index (χ0n) is 20.6. The van der Waals surface area contributed by atoms with Gasteiger partial charge in [-0.1, -0.05) is 29.8 Å². The molecule has 0 atom stereocenters. The zero-order valence-corrected chi connectivity index (χ0v) is 20.6. The molecule has 0 saturated carbocycles. The van der Waals surface area contributed by atoms with E-state index < -0.39 is 0 Å². The van der Waals surface area contributed by atoms with E-state index in [9.17, 15) is 4.79 Å². The maximum Gasteiger partial charge on any atom is 0.257 e. The summed E-state index contributed by atoms with van der Waals surface area (Å²) in [5, 5.41) is 8.19. The van der Waals surface area contributed by atoms with Crippen molar-refractivity contribution >= 4 is 11.6 Å². The van der Waals surface area contributed by atoms with Gasteiger partial charge in [0.2, 0.25) is 0 Å². The van der Waals surface area contributed by atoms with Gasteiger partial charge in [0.1, 0.15) is 0 Å². The molecule has 178 valence electrons. The van der Waals surface area contributed by atoms with Crippen LogP contribution in [-0.4, -0.2) is 59.9 Å². The molecular formula is C28H35N5O. The van der Waals surface area contributed by atoms with Crippen LogP contribution in [0.15, 0.2) is 48.7 Å². The summed E-state index contributed by atoms with van der Waals surface area (Å²) in [5.74, 6) is 0.451. The summed E-state index contributed by atoms with van der Waals surface area (Å²) in [6, 6.07) is 15.0. The number of hydrogen-bond acceptors (Lipinski definition) is 4. The molecule has 0 unspecified atom stereocenters. The second-order valence-electron chi connectivity index (χ2n) is 9.79. The number of aryl methyl sites for hydroxylation is 3. The van der Waals surface area contributed by atoms with Crippen LogP contribution in [0.3, 0.4) is 0 Å². The van der Waals surface area contributed by atoms with Gasteiger partial charge < -0.3 is 15.1 Å². The van der Waals surface area contributed by atoms with E-state index in [0.717, 1.165) is 69.1 Å². The summed E-state index contributed by atoms with van der Waals surface area (Å²) < 4.78 is 2.02. The van der Waals surface area contributed by atoms with Crippen LogP contribution in [0.4, 0.5) is 5.69 Å². The van der Waals surface area contributed by atoms with Gasteiger partial charge >= 0.3 is 0 Å². The lowest BCUT2D eigenvalue weighted by molar-refractivity contribution is 0.0744. The first-order valence-electron chi connectivity index (χ1n) is 12.5. The lowest BCUT2D eigenvalue weighted by Crippen LogP contribution is -2.49. The van der Waals surface area contributed by atoms with Crippen LogP contribution in [-0.2, 0) is 0 Å². The lowest BCUT2D eigenvalue weighted by atomic mass is 9.91. The van der Waals surface area contributed by atoms with Crippen molar-refractivity contribution in [3.63, 3.8) is 0 Å². The Morgan fingerprint density at radius 3 is 2.38 bits per heavy atom. The van der Waals surface area contributed by atoms with Crippen LogP contribution in [0.1, 0.15) is 51.5 Å². The molecule has 0 spiro atoms. The molecule has 0 aliphatic carbocycles. The first-order valence-corrected chi connectivity index (χ1v) is 12.5. The Morgan fingerprint density at radius 2 is 1.68 bits per heavy atom. The highest BCUT2D eigenvalue weighted by Crippen LogP contribution is 2.31. The van der Waals surface area contributed by atoms with Crippen LogP contribution in [0.5, 0.6) is 0 Å². The number of hydrogen-bond donors (Lipinski definition) is 1. The van der Waals surface area contributed by atoms with Gasteiger partial charge in [0, 0.05) is 37.8 Å². The highest BCUT2D eigenvalue weighted by Gasteiger charge is 2.31. The summed E-state index contributed by atoms with van der Waals surface area (Å²) in [6.07, 6.45) is 3.86. The van der Waals surface area contributed by atoms with E-state index in [1.165, 1.54) is 22.4 Å². The maximum atomic E-state index is 13.8. The third-order valence-corrected chi connectivity index (χ3v) is 7.27. The van der Waals surface area contributed by atoms with Crippen molar-refractivity contribution in [2.24, 2.45) is 0 Å². The first kappa shape index (κ1) is 22.7. The van der Waals surface area contributed by atoms with E-state index in [2.05, 4.69) is 73.5 Å². The molecule has 1 N–H and O–H groups in total. The Morgan fingerprint density at radius 1 is 0.941 bits per heavy atom. The minimum atomic E-state index is 0.118. The number of nitrogens with zero attached hydrogens (tertiary/aromatic N) is 4. The summed E-state index contributed by atoms with van der Waals surface area (Å²) >= 11 is 0. The average Bonchev–Trinajstić information content (AvgIpc) is 3.30. The number of carbonyl (C=O) groups excluding carboxylic acids is 1. The fourth-order valence-corrected chi connectivity index (χ4v) is 5.46. The van der Waals surface area contributed by atoms with E-state index in [0.29, 0.717) is 5.92 Å². The predicted octanol–water partition coefficient (Wildman–Crippen LogP) is 4.23. The molecule has 34 heavy (non-hydrogen) atoms. The smallest absolute Gasteiger partial charge is 0.257 e. The van der Waals surface area contributed by atoms with Crippen LogP contribution in [0.25, 0.3) is 5.69 Å². The van der Waals surface area contributed by atoms with Gasteiger partial charge in [-0.15, -0.1) is 0 Å². The molecule has 3 heterocycles. The molecule has 2 aliphatic heterocycles. The van der Waals surface area contributed by atoms with Crippen LogP contribution >= 0.6 is 0 Å². The number of nitrogens with one attached hydrogen (secondary N) is 1. The van der Waals surface area contributed by atoms with Crippen molar-refractivity contribution in [2.75, 3.05) is 44.2 Å². The first-order chi connectivity index (χ1) is 16.5. The molecule has 2 aliphatic rings. The SMILES string of the molecule is Cc1cccc(-n2ncc(C(=O)N3CCN(c4ccc(C)cc4C)CC3)c2C2CCNCC2)c1. The van der Waals surface area contributed by atoms with Gasteiger partial charge in [0.25, 0.3) is 5.91 Å². The van der Waals surface area contributed by atoms with Crippen molar-refractivity contribution in [3.8, 4) is 5.69 Å². The quantitative estimate of drug-likeness (QED) is 0.637. The third kappa shape index (κ3) is 4.47. The fourth-order valence-electron chi connectivity index (χ4n) is 5.46. The minimum absolute atomic E-state index is 0.118. The molecule has 0 radical (unpaired) electrons. The molecule has 1 amide bonds. The van der Waals surface area contributed by atoms with Crippen molar-refractivity contribution < 1.29 is 4.79 Å². The maximum absolute atomic E-state index is 13.8. The number of amides is 1. The topological polar surface area (TPSA) is 53.4 Å². The number of piperazine rings is 1. The molecule has 6 nitrogen and oxygen atoms in total. The summed E-state index contributed by atoms with van der Waals surface area (Å²) in [4.78, 5) is 18.2. The Labute approximate surface area is 202 Å². The number of carbonyl (C=O) groups is 1. The van der Waals surface area contributed by atoms with Crippen molar-refractivity contribution in [1.82, 2.24) is 20.0 Å². The molecule has 2 saturated heterocycles. The predicted molar refractivity (Wildman–Crippen MR) is 137 cm³/mol. The van der Waals surface area contributed by atoms with E-state index in [1.807, 2.05) is 9.58 Å². The normalized spacial score (nSPS) is 17.3. The second kappa shape index (κ2) is 9.63. The van der Waals surface area contributed by atoms with E-state index in [4.69, 9.17) is 5.10 Å². The minimum Gasteiger partial charge on any atom is -0.368 e. The highest BCUT2D eigenvalue weighted by molar-refractivity contribution is 5.95.